The van der Waals surface area contributed by atoms with Crippen LogP contribution in [0.15, 0.2) is 28.5 Å². The van der Waals surface area contributed by atoms with Gasteiger partial charge in [-0.05, 0) is 25.1 Å². The van der Waals surface area contributed by atoms with Crippen molar-refractivity contribution in [3.8, 4) is 0 Å². The van der Waals surface area contributed by atoms with E-state index in [1.807, 2.05) is 12.3 Å². The van der Waals surface area contributed by atoms with Crippen LogP contribution < -0.4 is 5.32 Å². The molecule has 23 heavy (non-hydrogen) atoms. The molecule has 9 heteroatoms. The molecule has 3 aromatic rings. The largest absolute Gasteiger partial charge is 0.302 e. The van der Waals surface area contributed by atoms with Crippen LogP contribution >= 0.6 is 22.7 Å². The highest BCUT2D eigenvalue weighted by Crippen LogP contribution is 2.28. The van der Waals surface area contributed by atoms with Gasteiger partial charge in [0.15, 0.2) is 15.0 Å². The Morgan fingerprint density at radius 2 is 2.09 bits per heavy atom. The molecule has 2 aromatic heterocycles. The third kappa shape index (κ3) is 3.74. The molecule has 0 fully saturated rings. The number of carbonyl (C=O) groups is 1. The van der Waals surface area contributed by atoms with Crippen molar-refractivity contribution in [3.63, 3.8) is 0 Å². The lowest BCUT2D eigenvalue weighted by Gasteiger charge is -1.98. The van der Waals surface area contributed by atoms with Crippen LogP contribution in [0.1, 0.15) is 10.7 Å². The molecule has 1 N–H and O–H groups in total. The Kier molecular flexibility index (Phi) is 4.17. The summed E-state index contributed by atoms with van der Waals surface area (Å²) in [6, 6.07) is 4.73. The lowest BCUT2D eigenvalue weighted by molar-refractivity contribution is -0.115. The van der Waals surface area contributed by atoms with Crippen LogP contribution in [0, 0.1) is 6.92 Å². The highest BCUT2D eigenvalue weighted by molar-refractivity contribution is 7.90. The summed E-state index contributed by atoms with van der Waals surface area (Å²) in [5, 5.41) is 5.95. The zero-order valence-electron chi connectivity index (χ0n) is 12.4. The summed E-state index contributed by atoms with van der Waals surface area (Å²) < 4.78 is 23.9. The first-order valence-corrected chi connectivity index (χ1v) is 10.2. The molecule has 2 heterocycles. The van der Waals surface area contributed by atoms with Gasteiger partial charge in [-0.1, -0.05) is 11.3 Å². The minimum Gasteiger partial charge on any atom is -0.302 e. The summed E-state index contributed by atoms with van der Waals surface area (Å²) in [6.07, 6.45) is 1.35. The maximum absolute atomic E-state index is 12.0. The minimum absolute atomic E-state index is 0.189. The van der Waals surface area contributed by atoms with Gasteiger partial charge in [0.2, 0.25) is 5.91 Å². The molecule has 0 bridgehead atoms. The van der Waals surface area contributed by atoms with E-state index < -0.39 is 9.84 Å². The highest BCUT2D eigenvalue weighted by atomic mass is 32.2. The lowest BCUT2D eigenvalue weighted by atomic mass is 10.3. The molecule has 1 aromatic carbocycles. The number of hydrogen-bond acceptors (Lipinski definition) is 7. The van der Waals surface area contributed by atoms with Crippen molar-refractivity contribution in [2.24, 2.45) is 0 Å². The fraction of sp³-hybridized carbons (Fsp3) is 0.214. The number of benzene rings is 1. The monoisotopic (exact) mass is 367 g/mol. The molecule has 0 spiro atoms. The molecular formula is C14H13N3O3S3. The van der Waals surface area contributed by atoms with Crippen molar-refractivity contribution in [2.45, 2.75) is 18.2 Å². The maximum atomic E-state index is 12.0. The Morgan fingerprint density at radius 3 is 2.74 bits per heavy atom. The van der Waals surface area contributed by atoms with E-state index in [1.165, 1.54) is 28.7 Å². The standard InChI is InChI=1S/C14H13N3O3S3/c1-8-15-9(7-21-8)5-13(18)17-14-16-11-4-3-10(23(2,19)20)6-12(11)22-14/h3-4,6-7H,5H2,1-2H3,(H,16,17,18). The predicted octanol–water partition coefficient (Wildman–Crippen LogP) is 2.65. The number of thiazole rings is 2. The van der Waals surface area contributed by atoms with Crippen molar-refractivity contribution < 1.29 is 13.2 Å². The van der Waals surface area contributed by atoms with Crippen LogP contribution in [0.2, 0.25) is 0 Å². The van der Waals surface area contributed by atoms with Crippen molar-refractivity contribution in [2.75, 3.05) is 11.6 Å². The second-order valence-corrected chi connectivity index (χ2v) is 9.11. The van der Waals surface area contributed by atoms with Gasteiger partial charge in [0.25, 0.3) is 0 Å². The zero-order valence-corrected chi connectivity index (χ0v) is 14.8. The predicted molar refractivity (Wildman–Crippen MR) is 91.9 cm³/mol. The molecule has 0 aliphatic heterocycles. The van der Waals surface area contributed by atoms with Gasteiger partial charge in [-0.25, -0.2) is 18.4 Å². The second kappa shape index (κ2) is 5.99. The average Bonchev–Trinajstić information content (AvgIpc) is 3.02. The first kappa shape index (κ1) is 16.0. The number of nitrogens with zero attached hydrogens (tertiary/aromatic N) is 2. The topological polar surface area (TPSA) is 89.0 Å². The molecule has 120 valence electrons. The average molecular weight is 367 g/mol. The highest BCUT2D eigenvalue weighted by Gasteiger charge is 2.13. The van der Waals surface area contributed by atoms with Crippen LogP contribution in [-0.2, 0) is 21.1 Å². The van der Waals surface area contributed by atoms with E-state index in [9.17, 15) is 13.2 Å². The van der Waals surface area contributed by atoms with Gasteiger partial charge in [-0.2, -0.15) is 0 Å². The lowest BCUT2D eigenvalue weighted by Crippen LogP contribution is -2.14. The molecule has 6 nitrogen and oxygen atoms in total. The van der Waals surface area contributed by atoms with Gasteiger partial charge < -0.3 is 5.32 Å². The molecule has 0 aliphatic carbocycles. The third-order valence-corrected chi connectivity index (χ3v) is 5.91. The Hall–Kier alpha value is -1.84. The van der Waals surface area contributed by atoms with Gasteiger partial charge in [-0.3, -0.25) is 4.79 Å². The summed E-state index contributed by atoms with van der Waals surface area (Å²) in [4.78, 5) is 20.8. The quantitative estimate of drug-likeness (QED) is 0.766. The van der Waals surface area contributed by atoms with Crippen LogP contribution in [0.3, 0.4) is 0 Å². The van der Waals surface area contributed by atoms with E-state index in [0.29, 0.717) is 15.3 Å². The molecule has 0 unspecified atom stereocenters. The summed E-state index contributed by atoms with van der Waals surface area (Å²) in [5.41, 5.74) is 1.38. The van der Waals surface area contributed by atoms with E-state index in [4.69, 9.17) is 0 Å². The van der Waals surface area contributed by atoms with Gasteiger partial charge in [0, 0.05) is 11.6 Å². The first-order chi connectivity index (χ1) is 10.8. The van der Waals surface area contributed by atoms with Crippen LogP contribution in [0.25, 0.3) is 10.2 Å². The zero-order chi connectivity index (χ0) is 16.6. The van der Waals surface area contributed by atoms with Gasteiger partial charge in [0.1, 0.15) is 0 Å². The SMILES string of the molecule is Cc1nc(CC(=O)Nc2nc3ccc(S(C)(=O)=O)cc3s2)cs1. The summed E-state index contributed by atoms with van der Waals surface area (Å²) in [5.74, 6) is -0.197. The number of anilines is 1. The van der Waals surface area contributed by atoms with Crippen molar-refractivity contribution in [1.82, 2.24) is 9.97 Å². The molecule has 3 rings (SSSR count). The van der Waals surface area contributed by atoms with Crippen LogP contribution in [0.4, 0.5) is 5.13 Å². The van der Waals surface area contributed by atoms with Crippen molar-refractivity contribution in [1.29, 1.82) is 0 Å². The Labute approximate surface area is 141 Å². The normalized spacial score (nSPS) is 11.7. The number of carbonyl (C=O) groups excluding carboxylic acids is 1. The number of rotatable bonds is 4. The Balaban J connectivity index is 1.79. The van der Waals surface area contributed by atoms with E-state index in [0.717, 1.165) is 17.0 Å². The van der Waals surface area contributed by atoms with Crippen LogP contribution in [0.5, 0.6) is 0 Å². The first-order valence-electron chi connectivity index (χ1n) is 6.63. The number of aromatic nitrogens is 2. The number of amides is 1. The fourth-order valence-corrected chi connectivity index (χ4v) is 4.26. The molecule has 0 radical (unpaired) electrons. The number of fused-ring (bicyclic) bond motifs is 1. The molecule has 0 atom stereocenters. The Morgan fingerprint density at radius 1 is 1.30 bits per heavy atom. The number of nitrogens with one attached hydrogen (secondary N) is 1. The van der Waals surface area contributed by atoms with Gasteiger partial charge >= 0.3 is 0 Å². The maximum Gasteiger partial charge on any atom is 0.232 e. The smallest absolute Gasteiger partial charge is 0.232 e. The molecule has 0 aliphatic rings. The van der Waals surface area contributed by atoms with Crippen molar-refractivity contribution in [3.05, 3.63) is 34.3 Å². The number of sulfone groups is 1. The second-order valence-electron chi connectivity index (χ2n) is 5.00. The Bertz CT molecular complexity index is 989. The van der Waals surface area contributed by atoms with E-state index in [-0.39, 0.29) is 17.2 Å². The summed E-state index contributed by atoms with van der Waals surface area (Å²) in [6.45, 7) is 1.89. The molecular weight excluding hydrogens is 354 g/mol. The molecule has 1 amide bonds. The molecule has 0 saturated carbocycles. The number of aryl methyl sites for hydroxylation is 1. The molecule has 0 saturated heterocycles. The van der Waals surface area contributed by atoms with E-state index in [1.54, 1.807) is 12.1 Å². The van der Waals surface area contributed by atoms with Gasteiger partial charge in [-0.15, -0.1) is 11.3 Å². The minimum atomic E-state index is -3.26. The van der Waals surface area contributed by atoms with Crippen LogP contribution in [-0.4, -0.2) is 30.5 Å². The summed E-state index contributed by atoms with van der Waals surface area (Å²) >= 11 is 2.75. The third-order valence-electron chi connectivity index (χ3n) is 3.04. The summed E-state index contributed by atoms with van der Waals surface area (Å²) in [7, 11) is -3.26. The number of hydrogen-bond donors (Lipinski definition) is 1. The van der Waals surface area contributed by atoms with Gasteiger partial charge in [0.05, 0.1) is 32.2 Å². The van der Waals surface area contributed by atoms with Crippen molar-refractivity contribution >= 4 is 53.8 Å². The van der Waals surface area contributed by atoms with E-state index in [2.05, 4.69) is 15.3 Å². The van der Waals surface area contributed by atoms with E-state index >= 15 is 0 Å². The fourth-order valence-electron chi connectivity index (χ4n) is 2.01.